The maximum absolute atomic E-state index is 11.4. The third kappa shape index (κ3) is 2.68. The molecule has 19 heavy (non-hydrogen) atoms. The molecule has 1 aromatic heterocycles. The van der Waals surface area contributed by atoms with Gasteiger partial charge in [-0.3, -0.25) is 4.21 Å². The molecule has 100 valence electrons. The summed E-state index contributed by atoms with van der Waals surface area (Å²) < 4.78 is 11.4. The van der Waals surface area contributed by atoms with Gasteiger partial charge in [-0.2, -0.15) is 0 Å². The summed E-state index contributed by atoms with van der Waals surface area (Å²) in [6.45, 7) is 0. The first kappa shape index (κ1) is 12.3. The topological polar surface area (TPSA) is 80.9 Å². The number of hydrogen-bond acceptors (Lipinski definition) is 5. The summed E-state index contributed by atoms with van der Waals surface area (Å²) in [6, 6.07) is 5.98. The van der Waals surface area contributed by atoms with E-state index in [9.17, 15) is 4.21 Å². The van der Waals surface area contributed by atoms with Crippen molar-refractivity contribution in [2.75, 3.05) is 22.6 Å². The Morgan fingerprint density at radius 3 is 2.84 bits per heavy atom. The summed E-state index contributed by atoms with van der Waals surface area (Å²) in [4.78, 5) is 8.54. The Labute approximate surface area is 114 Å². The molecule has 3 N–H and O–H groups in total. The molecule has 0 aliphatic carbocycles. The first-order chi connectivity index (χ1) is 9.22. The molecule has 3 rings (SSSR count). The number of nitrogens with zero attached hydrogens (tertiary/aromatic N) is 2. The lowest BCUT2D eigenvalue weighted by Crippen LogP contribution is -2.29. The van der Waals surface area contributed by atoms with E-state index in [1.807, 2.05) is 18.2 Å². The van der Waals surface area contributed by atoms with Crippen LogP contribution in [0.25, 0.3) is 10.9 Å². The number of nitrogens with two attached hydrogens (primary N) is 1. The fourth-order valence-corrected chi connectivity index (χ4v) is 3.62. The summed E-state index contributed by atoms with van der Waals surface area (Å²) in [5, 5.41) is 4.41. The molecular formula is C13H16N4OS. The molecule has 0 spiro atoms. The number of hydrogen-bond donors (Lipinski definition) is 2. The number of nitrogen functional groups attached to an aromatic ring is 1. The molecule has 1 saturated heterocycles. The van der Waals surface area contributed by atoms with Gasteiger partial charge in [-0.25, -0.2) is 9.97 Å². The molecule has 0 bridgehead atoms. The summed E-state index contributed by atoms with van der Waals surface area (Å²) in [6.07, 6.45) is 3.39. The van der Waals surface area contributed by atoms with Crippen LogP contribution < -0.4 is 11.1 Å². The number of fused-ring (bicyclic) bond motifs is 1. The maximum Gasteiger partial charge on any atom is 0.137 e. The van der Waals surface area contributed by atoms with Crippen LogP contribution in [0.2, 0.25) is 0 Å². The van der Waals surface area contributed by atoms with Crippen LogP contribution in [0.1, 0.15) is 12.8 Å². The molecular weight excluding hydrogens is 260 g/mol. The van der Waals surface area contributed by atoms with Gasteiger partial charge in [-0.15, -0.1) is 0 Å². The Hall–Kier alpha value is -1.69. The minimum Gasteiger partial charge on any atom is -0.399 e. The smallest absolute Gasteiger partial charge is 0.137 e. The minimum atomic E-state index is -0.638. The minimum absolute atomic E-state index is 0.341. The van der Waals surface area contributed by atoms with E-state index < -0.39 is 10.8 Å². The molecule has 0 amide bonds. The van der Waals surface area contributed by atoms with Crippen LogP contribution in [0.3, 0.4) is 0 Å². The van der Waals surface area contributed by atoms with Gasteiger partial charge in [-0.1, -0.05) is 0 Å². The second-order valence-electron chi connectivity index (χ2n) is 4.77. The first-order valence-electron chi connectivity index (χ1n) is 6.34. The van der Waals surface area contributed by atoms with E-state index in [0.29, 0.717) is 11.7 Å². The van der Waals surface area contributed by atoms with Crippen LogP contribution in [0.4, 0.5) is 11.5 Å². The Balaban J connectivity index is 1.86. The Kier molecular flexibility index (Phi) is 3.33. The van der Waals surface area contributed by atoms with Crippen molar-refractivity contribution >= 4 is 33.2 Å². The van der Waals surface area contributed by atoms with E-state index >= 15 is 0 Å². The molecule has 0 radical (unpaired) electrons. The Morgan fingerprint density at radius 2 is 2.05 bits per heavy atom. The van der Waals surface area contributed by atoms with Crippen LogP contribution in [0.15, 0.2) is 24.5 Å². The molecule has 0 atom stereocenters. The van der Waals surface area contributed by atoms with Crippen molar-refractivity contribution in [2.45, 2.75) is 18.9 Å². The first-order valence-corrected chi connectivity index (χ1v) is 7.83. The van der Waals surface area contributed by atoms with Gasteiger partial charge < -0.3 is 11.1 Å². The number of benzene rings is 1. The summed E-state index contributed by atoms with van der Waals surface area (Å²) in [5.74, 6) is 2.38. The van der Waals surface area contributed by atoms with Gasteiger partial charge in [-0.05, 0) is 31.0 Å². The van der Waals surface area contributed by atoms with E-state index in [2.05, 4.69) is 15.3 Å². The van der Waals surface area contributed by atoms with Crippen molar-refractivity contribution in [3.05, 3.63) is 24.5 Å². The fourth-order valence-electron chi connectivity index (χ4n) is 2.32. The zero-order valence-electron chi connectivity index (χ0n) is 10.5. The van der Waals surface area contributed by atoms with Gasteiger partial charge in [0.15, 0.2) is 0 Å². The van der Waals surface area contributed by atoms with Crippen molar-refractivity contribution in [3.8, 4) is 0 Å². The van der Waals surface area contributed by atoms with Crippen LogP contribution in [-0.4, -0.2) is 31.7 Å². The molecule has 0 unspecified atom stereocenters. The molecule has 6 heteroatoms. The fraction of sp³-hybridized carbons (Fsp3) is 0.385. The van der Waals surface area contributed by atoms with Gasteiger partial charge >= 0.3 is 0 Å². The van der Waals surface area contributed by atoms with E-state index in [0.717, 1.165) is 41.1 Å². The third-order valence-electron chi connectivity index (χ3n) is 3.39. The second kappa shape index (κ2) is 5.13. The zero-order valence-corrected chi connectivity index (χ0v) is 11.3. The van der Waals surface area contributed by atoms with Gasteiger partial charge in [0.2, 0.25) is 0 Å². The van der Waals surface area contributed by atoms with E-state index in [4.69, 9.17) is 5.73 Å². The monoisotopic (exact) mass is 276 g/mol. The van der Waals surface area contributed by atoms with Gasteiger partial charge in [0.05, 0.1) is 5.52 Å². The highest BCUT2D eigenvalue weighted by Crippen LogP contribution is 2.23. The van der Waals surface area contributed by atoms with Crippen molar-refractivity contribution < 1.29 is 4.21 Å². The highest BCUT2D eigenvalue weighted by Gasteiger charge is 2.18. The predicted molar refractivity (Wildman–Crippen MR) is 78.5 cm³/mol. The van der Waals surface area contributed by atoms with Crippen molar-refractivity contribution in [1.29, 1.82) is 0 Å². The lowest BCUT2D eigenvalue weighted by molar-refractivity contribution is 0.623. The molecule has 5 nitrogen and oxygen atoms in total. The highest BCUT2D eigenvalue weighted by atomic mass is 32.2. The average molecular weight is 276 g/mol. The third-order valence-corrected chi connectivity index (χ3v) is 4.77. The van der Waals surface area contributed by atoms with E-state index in [-0.39, 0.29) is 0 Å². The number of aromatic nitrogens is 2. The van der Waals surface area contributed by atoms with Gasteiger partial charge in [0, 0.05) is 39.4 Å². The SMILES string of the molecule is Nc1ccc2c(NC3CCS(=O)CC3)ncnc2c1. The molecule has 1 fully saturated rings. The van der Waals surface area contributed by atoms with Gasteiger partial charge in [0.1, 0.15) is 12.1 Å². The molecule has 1 aliphatic rings. The lowest BCUT2D eigenvalue weighted by Gasteiger charge is -2.23. The molecule has 1 aliphatic heterocycles. The van der Waals surface area contributed by atoms with E-state index in [1.165, 1.54) is 0 Å². The van der Waals surface area contributed by atoms with Crippen LogP contribution >= 0.6 is 0 Å². The largest absolute Gasteiger partial charge is 0.399 e. The van der Waals surface area contributed by atoms with E-state index in [1.54, 1.807) is 6.33 Å². The van der Waals surface area contributed by atoms with Crippen molar-refractivity contribution in [2.24, 2.45) is 0 Å². The number of anilines is 2. The van der Waals surface area contributed by atoms with Crippen molar-refractivity contribution in [1.82, 2.24) is 9.97 Å². The second-order valence-corrected chi connectivity index (χ2v) is 6.46. The van der Waals surface area contributed by atoms with Crippen LogP contribution in [0, 0.1) is 0 Å². The van der Waals surface area contributed by atoms with Gasteiger partial charge in [0.25, 0.3) is 0 Å². The van der Waals surface area contributed by atoms with Crippen molar-refractivity contribution in [3.63, 3.8) is 0 Å². The summed E-state index contributed by atoms with van der Waals surface area (Å²) in [7, 11) is -0.638. The van der Waals surface area contributed by atoms with Crippen LogP contribution in [0.5, 0.6) is 0 Å². The average Bonchev–Trinajstić information content (AvgIpc) is 2.41. The molecule has 0 saturated carbocycles. The summed E-state index contributed by atoms with van der Waals surface area (Å²) in [5.41, 5.74) is 7.30. The standard InChI is InChI=1S/C13H16N4OS/c14-9-1-2-11-12(7-9)15-8-16-13(11)17-10-3-5-19(18)6-4-10/h1-2,7-8,10H,3-6,14H2,(H,15,16,17). The predicted octanol–water partition coefficient (Wildman–Crippen LogP) is 1.54. The zero-order chi connectivity index (χ0) is 13.2. The number of nitrogens with one attached hydrogen (secondary N) is 1. The highest BCUT2D eigenvalue weighted by molar-refractivity contribution is 7.85. The Morgan fingerprint density at radius 1 is 1.26 bits per heavy atom. The molecule has 2 heterocycles. The Bertz CT molecular complexity index is 621. The quantitative estimate of drug-likeness (QED) is 0.813. The summed E-state index contributed by atoms with van der Waals surface area (Å²) >= 11 is 0. The normalized spacial score (nSPS) is 23.4. The maximum atomic E-state index is 11.4. The molecule has 2 aromatic rings. The number of rotatable bonds is 2. The molecule has 1 aromatic carbocycles. The lowest BCUT2D eigenvalue weighted by atomic mass is 10.1. The van der Waals surface area contributed by atoms with Crippen LogP contribution in [-0.2, 0) is 10.8 Å².